The summed E-state index contributed by atoms with van der Waals surface area (Å²) in [7, 11) is 0. The van der Waals surface area contributed by atoms with Gasteiger partial charge >= 0.3 is 0 Å². The monoisotopic (exact) mass is 447 g/mol. The maximum Gasteiger partial charge on any atom is 0.139 e. The summed E-state index contributed by atoms with van der Waals surface area (Å²) >= 11 is 25.4. The number of fused-ring (bicyclic) bond motifs is 1. The first-order valence-electron chi connectivity index (χ1n) is 8.43. The number of aromatic nitrogens is 1. The second-order valence-electron chi connectivity index (χ2n) is 6.30. The van der Waals surface area contributed by atoms with Crippen LogP contribution >= 0.6 is 46.4 Å². The molecule has 4 rings (SSSR count). The van der Waals surface area contributed by atoms with E-state index in [1.165, 1.54) is 0 Å². The van der Waals surface area contributed by atoms with Gasteiger partial charge in [-0.05, 0) is 41.5 Å². The van der Waals surface area contributed by atoms with Gasteiger partial charge in [0.05, 0.1) is 10.5 Å². The molecule has 140 valence electrons. The molecule has 1 heterocycles. The number of aliphatic hydroxyl groups excluding tert-OH is 1. The van der Waals surface area contributed by atoms with Gasteiger partial charge in [-0.3, -0.25) is 0 Å². The van der Waals surface area contributed by atoms with Crippen LogP contribution in [0.1, 0.15) is 17.2 Å². The minimum atomic E-state index is -0.822. The van der Waals surface area contributed by atoms with Gasteiger partial charge in [-0.2, -0.15) is 0 Å². The number of rotatable bonds is 3. The molecule has 0 radical (unpaired) electrons. The summed E-state index contributed by atoms with van der Waals surface area (Å²) < 4.78 is 0. The molecule has 0 bridgehead atoms. The average molecular weight is 449 g/mol. The molecule has 28 heavy (non-hydrogen) atoms. The molecule has 0 saturated heterocycles. The Morgan fingerprint density at radius 1 is 0.786 bits per heavy atom. The smallest absolute Gasteiger partial charge is 0.139 e. The molecule has 0 amide bonds. The van der Waals surface area contributed by atoms with Crippen molar-refractivity contribution in [3.63, 3.8) is 0 Å². The molecule has 0 aliphatic rings. The number of benzene rings is 3. The van der Waals surface area contributed by atoms with Crippen molar-refractivity contribution in [3.05, 3.63) is 98.1 Å². The highest BCUT2D eigenvalue weighted by Gasteiger charge is 2.18. The molecule has 6 heteroatoms. The largest absolute Gasteiger partial charge is 0.384 e. The fraction of sp³-hybridized carbons (Fsp3) is 0.0455. The number of halogens is 4. The van der Waals surface area contributed by atoms with Crippen LogP contribution in [0.15, 0.2) is 66.7 Å². The third-order valence-electron chi connectivity index (χ3n) is 4.55. The second-order valence-corrected chi connectivity index (χ2v) is 7.88. The molecule has 4 aromatic rings. The van der Waals surface area contributed by atoms with E-state index in [0.717, 1.165) is 5.56 Å². The predicted octanol–water partition coefficient (Wildman–Crippen LogP) is 7.60. The zero-order valence-corrected chi connectivity index (χ0v) is 17.4. The van der Waals surface area contributed by atoms with Crippen molar-refractivity contribution in [1.29, 1.82) is 0 Å². The first-order valence-corrected chi connectivity index (χ1v) is 9.94. The zero-order valence-electron chi connectivity index (χ0n) is 14.3. The Balaban J connectivity index is 1.87. The maximum atomic E-state index is 10.8. The Hall–Kier alpha value is -1.81. The highest BCUT2D eigenvalue weighted by molar-refractivity contribution is 6.43. The number of pyridine rings is 1. The molecule has 1 unspecified atom stereocenters. The normalized spacial score (nSPS) is 12.3. The van der Waals surface area contributed by atoms with Crippen LogP contribution in [0, 0.1) is 0 Å². The van der Waals surface area contributed by atoms with Gasteiger partial charge in [0.1, 0.15) is 11.3 Å². The first-order chi connectivity index (χ1) is 13.5. The molecule has 0 spiro atoms. The van der Waals surface area contributed by atoms with E-state index in [-0.39, 0.29) is 5.15 Å². The third kappa shape index (κ3) is 3.59. The van der Waals surface area contributed by atoms with E-state index >= 15 is 0 Å². The summed E-state index contributed by atoms with van der Waals surface area (Å²) in [4.78, 5) is 4.46. The van der Waals surface area contributed by atoms with Gasteiger partial charge in [-0.1, -0.05) is 82.8 Å². The molecule has 1 aromatic heterocycles. The van der Waals surface area contributed by atoms with Gasteiger partial charge in [0.2, 0.25) is 0 Å². The minimum Gasteiger partial charge on any atom is -0.384 e. The van der Waals surface area contributed by atoms with Gasteiger partial charge in [0.15, 0.2) is 0 Å². The molecule has 0 fully saturated rings. The number of nitrogens with zero attached hydrogens (tertiary/aromatic N) is 1. The second kappa shape index (κ2) is 7.90. The van der Waals surface area contributed by atoms with E-state index in [1.54, 1.807) is 42.5 Å². The van der Waals surface area contributed by atoms with Gasteiger partial charge < -0.3 is 5.11 Å². The fourth-order valence-corrected chi connectivity index (χ4v) is 4.15. The zero-order chi connectivity index (χ0) is 19.8. The summed E-state index contributed by atoms with van der Waals surface area (Å²) in [5.41, 5.74) is 3.33. The SMILES string of the molecule is OC(c1ccc(Cl)cc1)c1ccc2nc(Cl)c(-c3ccccc3Cl)c(Cl)c2c1. The van der Waals surface area contributed by atoms with Crippen LogP contribution in [0.3, 0.4) is 0 Å². The van der Waals surface area contributed by atoms with Crippen LogP contribution in [-0.2, 0) is 0 Å². The summed E-state index contributed by atoms with van der Waals surface area (Å²) in [5.74, 6) is 0. The highest BCUT2D eigenvalue weighted by atomic mass is 35.5. The number of hydrogen-bond acceptors (Lipinski definition) is 2. The summed E-state index contributed by atoms with van der Waals surface area (Å²) in [6, 6.07) is 19.8. The molecule has 0 saturated carbocycles. The highest BCUT2D eigenvalue weighted by Crippen LogP contribution is 2.41. The standard InChI is InChI=1S/C22H13Cl4NO/c23-14-8-5-12(6-9-14)21(28)13-7-10-18-16(11-13)20(25)19(22(26)27-18)15-3-1-2-4-17(15)24/h1-11,21,28H. The van der Waals surface area contributed by atoms with Crippen LogP contribution in [0.5, 0.6) is 0 Å². The Bertz CT molecular complexity index is 1180. The van der Waals surface area contributed by atoms with E-state index in [1.807, 2.05) is 24.3 Å². The number of aliphatic hydroxyl groups is 1. The third-order valence-corrected chi connectivity index (χ3v) is 5.79. The molecule has 1 atom stereocenters. The van der Waals surface area contributed by atoms with Crippen LogP contribution in [-0.4, -0.2) is 10.1 Å². The van der Waals surface area contributed by atoms with Gasteiger partial charge in [0.25, 0.3) is 0 Å². The summed E-state index contributed by atoms with van der Waals surface area (Å²) in [5, 5.41) is 13.3. The predicted molar refractivity (Wildman–Crippen MR) is 118 cm³/mol. The molecule has 3 aromatic carbocycles. The van der Waals surface area contributed by atoms with E-state index < -0.39 is 6.10 Å². The van der Waals surface area contributed by atoms with Crippen molar-refractivity contribution in [2.75, 3.05) is 0 Å². The average Bonchev–Trinajstić information content (AvgIpc) is 2.69. The molecule has 0 aliphatic heterocycles. The van der Waals surface area contributed by atoms with Crippen LogP contribution in [0.4, 0.5) is 0 Å². The topological polar surface area (TPSA) is 33.1 Å². The summed E-state index contributed by atoms with van der Waals surface area (Å²) in [6.45, 7) is 0. The molecule has 0 aliphatic carbocycles. The quantitative estimate of drug-likeness (QED) is 0.327. The molecule has 1 N–H and O–H groups in total. The van der Waals surface area contributed by atoms with Crippen molar-refractivity contribution in [2.24, 2.45) is 0 Å². The summed E-state index contributed by atoms with van der Waals surface area (Å²) in [6.07, 6.45) is -0.822. The van der Waals surface area contributed by atoms with Crippen molar-refractivity contribution in [1.82, 2.24) is 4.98 Å². The Morgan fingerprint density at radius 2 is 1.46 bits per heavy atom. The van der Waals surface area contributed by atoms with Crippen molar-refractivity contribution in [3.8, 4) is 11.1 Å². The van der Waals surface area contributed by atoms with Crippen LogP contribution < -0.4 is 0 Å². The van der Waals surface area contributed by atoms with Crippen molar-refractivity contribution < 1.29 is 5.11 Å². The van der Waals surface area contributed by atoms with Gasteiger partial charge in [0, 0.05) is 26.6 Å². The Morgan fingerprint density at radius 3 is 2.18 bits per heavy atom. The lowest BCUT2D eigenvalue weighted by Crippen LogP contribution is -2.00. The Labute approximate surface area is 182 Å². The first kappa shape index (κ1) is 19.5. The lowest BCUT2D eigenvalue weighted by Gasteiger charge is -2.15. The molecular weight excluding hydrogens is 436 g/mol. The van der Waals surface area contributed by atoms with E-state index in [4.69, 9.17) is 46.4 Å². The number of hydrogen-bond donors (Lipinski definition) is 1. The fourth-order valence-electron chi connectivity index (χ4n) is 3.11. The Kier molecular flexibility index (Phi) is 5.50. The van der Waals surface area contributed by atoms with Crippen molar-refractivity contribution >= 4 is 57.3 Å². The molecular formula is C22H13Cl4NO. The lowest BCUT2D eigenvalue weighted by atomic mass is 9.98. The van der Waals surface area contributed by atoms with Gasteiger partial charge in [-0.25, -0.2) is 4.98 Å². The van der Waals surface area contributed by atoms with Crippen LogP contribution in [0.2, 0.25) is 20.2 Å². The van der Waals surface area contributed by atoms with E-state index in [9.17, 15) is 5.11 Å². The maximum absolute atomic E-state index is 10.8. The lowest BCUT2D eigenvalue weighted by molar-refractivity contribution is 0.220. The minimum absolute atomic E-state index is 0.275. The van der Waals surface area contributed by atoms with Crippen LogP contribution in [0.25, 0.3) is 22.0 Å². The van der Waals surface area contributed by atoms with E-state index in [2.05, 4.69) is 4.98 Å². The van der Waals surface area contributed by atoms with Crippen molar-refractivity contribution in [2.45, 2.75) is 6.10 Å². The van der Waals surface area contributed by atoms with Gasteiger partial charge in [-0.15, -0.1) is 0 Å². The molecule has 2 nitrogen and oxygen atoms in total. The van der Waals surface area contributed by atoms with E-state index in [0.29, 0.717) is 42.7 Å².